The Labute approximate surface area is 140 Å². The molecule has 0 fully saturated rings. The zero-order valence-corrected chi connectivity index (χ0v) is 13.1. The van der Waals surface area contributed by atoms with Crippen molar-refractivity contribution in [1.29, 1.82) is 5.26 Å². The summed E-state index contributed by atoms with van der Waals surface area (Å²) in [6, 6.07) is 21.5. The molecule has 6 nitrogen and oxygen atoms in total. The predicted octanol–water partition coefficient (Wildman–Crippen LogP) is 3.61. The van der Waals surface area contributed by atoms with Crippen LogP contribution in [0, 0.1) is 11.3 Å². The van der Waals surface area contributed by atoms with Gasteiger partial charge in [0.25, 0.3) is 0 Å². The van der Waals surface area contributed by atoms with E-state index in [1.807, 2.05) is 78.6 Å². The summed E-state index contributed by atoms with van der Waals surface area (Å²) in [4.78, 5) is 14.4. The maximum Gasteiger partial charge on any atom is 0.322 e. The first-order chi connectivity index (χ1) is 11.8. The molecule has 0 saturated carbocycles. The third kappa shape index (κ3) is 3.31. The summed E-state index contributed by atoms with van der Waals surface area (Å²) in [7, 11) is 0. The minimum absolute atomic E-state index is 0.0142. The minimum Gasteiger partial charge on any atom is -0.464 e. The Kier molecular flexibility index (Phi) is 4.63. The van der Waals surface area contributed by atoms with Gasteiger partial charge in [-0.2, -0.15) is 20.2 Å². The van der Waals surface area contributed by atoms with E-state index in [-0.39, 0.29) is 11.8 Å². The second kappa shape index (κ2) is 7.20. The van der Waals surface area contributed by atoms with E-state index < -0.39 is 0 Å². The molecule has 1 aromatic heterocycles. The fourth-order valence-corrected chi connectivity index (χ4v) is 2.22. The maximum atomic E-state index is 9.20. The lowest BCUT2D eigenvalue weighted by atomic mass is 10.2. The number of para-hydroxylation sites is 2. The van der Waals surface area contributed by atoms with Crippen LogP contribution in [0.4, 0.5) is 17.3 Å². The molecule has 0 aliphatic rings. The van der Waals surface area contributed by atoms with Gasteiger partial charge in [-0.05, 0) is 31.2 Å². The van der Waals surface area contributed by atoms with Crippen LogP contribution >= 0.6 is 0 Å². The lowest BCUT2D eigenvalue weighted by Gasteiger charge is -2.23. The van der Waals surface area contributed by atoms with Crippen molar-refractivity contribution in [2.45, 2.75) is 6.92 Å². The first kappa shape index (κ1) is 15.4. The number of hydrogen-bond donors (Lipinski definition) is 0. The molecule has 1 heterocycles. The van der Waals surface area contributed by atoms with E-state index >= 15 is 0 Å². The minimum atomic E-state index is 0.0142. The molecule has 6 heteroatoms. The van der Waals surface area contributed by atoms with Crippen molar-refractivity contribution in [3.05, 3.63) is 66.5 Å². The van der Waals surface area contributed by atoms with Gasteiger partial charge in [0.15, 0.2) is 0 Å². The highest BCUT2D eigenvalue weighted by Crippen LogP contribution is 2.32. The average molecular weight is 317 g/mol. The number of hydrogen-bond acceptors (Lipinski definition) is 6. The highest BCUT2D eigenvalue weighted by molar-refractivity contribution is 5.72. The Morgan fingerprint density at radius 3 is 2.00 bits per heavy atom. The summed E-state index contributed by atoms with van der Waals surface area (Å²) in [5, 5.41) is 9.20. The maximum absolute atomic E-state index is 9.20. The quantitative estimate of drug-likeness (QED) is 0.715. The van der Waals surface area contributed by atoms with Crippen molar-refractivity contribution < 1.29 is 4.74 Å². The Bertz CT molecular complexity index is 807. The fraction of sp³-hybridized carbons (Fsp3) is 0.111. The van der Waals surface area contributed by atoms with Gasteiger partial charge in [0, 0.05) is 11.4 Å². The van der Waals surface area contributed by atoms with Gasteiger partial charge in [0.2, 0.25) is 11.8 Å². The lowest BCUT2D eigenvalue weighted by Crippen LogP contribution is -2.15. The zero-order chi connectivity index (χ0) is 16.8. The summed E-state index contributed by atoms with van der Waals surface area (Å²) in [6.07, 6.45) is 0. The number of anilines is 3. The summed E-state index contributed by atoms with van der Waals surface area (Å²) < 4.78 is 5.37. The molecule has 0 bridgehead atoms. The number of nitrogens with zero attached hydrogens (tertiary/aromatic N) is 5. The first-order valence-electron chi connectivity index (χ1n) is 7.51. The molecule has 0 spiro atoms. The molecule has 24 heavy (non-hydrogen) atoms. The molecule has 3 rings (SSSR count). The molecule has 118 valence electrons. The smallest absolute Gasteiger partial charge is 0.322 e. The van der Waals surface area contributed by atoms with Crippen molar-refractivity contribution in [2.75, 3.05) is 11.5 Å². The molecule has 0 aliphatic heterocycles. The van der Waals surface area contributed by atoms with Crippen LogP contribution in [0.1, 0.15) is 12.7 Å². The normalized spacial score (nSPS) is 10.0. The van der Waals surface area contributed by atoms with Gasteiger partial charge in [-0.1, -0.05) is 36.4 Å². The summed E-state index contributed by atoms with van der Waals surface area (Å²) in [5.41, 5.74) is 1.75. The zero-order valence-electron chi connectivity index (χ0n) is 13.1. The molecular formula is C18H15N5O. The lowest BCUT2D eigenvalue weighted by molar-refractivity contribution is 0.311. The molecule has 0 N–H and O–H groups in total. The van der Waals surface area contributed by atoms with Crippen LogP contribution in [-0.2, 0) is 0 Å². The van der Waals surface area contributed by atoms with Crippen LogP contribution in [0.3, 0.4) is 0 Å². The van der Waals surface area contributed by atoms with Crippen LogP contribution in [0.15, 0.2) is 60.7 Å². The molecule has 0 amide bonds. The Balaban J connectivity index is 2.16. The van der Waals surface area contributed by atoms with Crippen LogP contribution in [0.25, 0.3) is 0 Å². The second-order valence-corrected chi connectivity index (χ2v) is 4.79. The molecule has 0 unspecified atom stereocenters. The summed E-state index contributed by atoms with van der Waals surface area (Å²) in [5.74, 6) is 0.350. The Morgan fingerprint density at radius 1 is 0.917 bits per heavy atom. The van der Waals surface area contributed by atoms with Gasteiger partial charge in [-0.25, -0.2) is 0 Å². The van der Waals surface area contributed by atoms with E-state index in [1.54, 1.807) is 0 Å². The van der Waals surface area contributed by atoms with E-state index in [0.717, 1.165) is 11.4 Å². The van der Waals surface area contributed by atoms with Crippen LogP contribution < -0.4 is 9.64 Å². The predicted molar refractivity (Wildman–Crippen MR) is 90.4 cm³/mol. The van der Waals surface area contributed by atoms with E-state index in [0.29, 0.717) is 12.6 Å². The monoisotopic (exact) mass is 317 g/mol. The van der Waals surface area contributed by atoms with Gasteiger partial charge in [0.05, 0.1) is 6.61 Å². The van der Waals surface area contributed by atoms with Gasteiger partial charge < -0.3 is 4.74 Å². The number of aromatic nitrogens is 3. The number of nitriles is 1. The highest BCUT2D eigenvalue weighted by Gasteiger charge is 2.17. The van der Waals surface area contributed by atoms with Crippen molar-refractivity contribution in [3.63, 3.8) is 0 Å². The Hall–Kier alpha value is -3.46. The molecule has 0 aliphatic carbocycles. The Morgan fingerprint density at radius 2 is 1.50 bits per heavy atom. The van der Waals surface area contributed by atoms with Crippen molar-refractivity contribution in [2.24, 2.45) is 0 Å². The van der Waals surface area contributed by atoms with E-state index in [9.17, 15) is 5.26 Å². The van der Waals surface area contributed by atoms with Crippen LogP contribution in [-0.4, -0.2) is 21.6 Å². The standard InChI is InChI=1S/C18H15N5O/c1-2-24-18-21-16(13-19)20-17(22-18)23(14-9-5-3-6-10-14)15-11-7-4-8-12-15/h3-12H,2H2,1H3. The average Bonchev–Trinajstić information content (AvgIpc) is 2.64. The third-order valence-electron chi connectivity index (χ3n) is 3.21. The largest absolute Gasteiger partial charge is 0.464 e. The molecule has 2 aromatic carbocycles. The van der Waals surface area contributed by atoms with E-state index in [4.69, 9.17) is 4.74 Å². The van der Waals surface area contributed by atoms with Crippen molar-refractivity contribution in [3.8, 4) is 12.1 Å². The topological polar surface area (TPSA) is 74.9 Å². The second-order valence-electron chi connectivity index (χ2n) is 4.79. The van der Waals surface area contributed by atoms with Gasteiger partial charge in [-0.3, -0.25) is 4.90 Å². The number of ether oxygens (including phenoxy) is 1. The fourth-order valence-electron chi connectivity index (χ4n) is 2.22. The first-order valence-corrected chi connectivity index (χ1v) is 7.51. The molecule has 0 atom stereocenters. The number of benzene rings is 2. The van der Waals surface area contributed by atoms with E-state index in [1.165, 1.54) is 0 Å². The SMILES string of the molecule is CCOc1nc(C#N)nc(N(c2ccccc2)c2ccccc2)n1. The van der Waals surface area contributed by atoms with Crippen molar-refractivity contribution >= 4 is 17.3 Å². The highest BCUT2D eigenvalue weighted by atomic mass is 16.5. The van der Waals surface area contributed by atoms with E-state index in [2.05, 4.69) is 15.0 Å². The van der Waals surface area contributed by atoms with Crippen LogP contribution in [0.5, 0.6) is 6.01 Å². The van der Waals surface area contributed by atoms with Crippen LogP contribution in [0.2, 0.25) is 0 Å². The van der Waals surface area contributed by atoms with Crippen molar-refractivity contribution in [1.82, 2.24) is 15.0 Å². The molecular weight excluding hydrogens is 302 g/mol. The third-order valence-corrected chi connectivity index (χ3v) is 3.21. The van der Waals surface area contributed by atoms with Gasteiger partial charge >= 0.3 is 6.01 Å². The molecule has 0 saturated heterocycles. The van der Waals surface area contributed by atoms with Gasteiger partial charge in [-0.15, -0.1) is 0 Å². The molecule has 0 radical (unpaired) electrons. The van der Waals surface area contributed by atoms with Gasteiger partial charge in [0.1, 0.15) is 6.07 Å². The summed E-state index contributed by atoms with van der Waals surface area (Å²) >= 11 is 0. The summed E-state index contributed by atoms with van der Waals surface area (Å²) in [6.45, 7) is 2.24. The molecule has 3 aromatic rings. The number of rotatable bonds is 5.